The third-order valence-corrected chi connectivity index (χ3v) is 15.1. The van der Waals surface area contributed by atoms with Gasteiger partial charge in [-0.15, -0.1) is 0 Å². The lowest BCUT2D eigenvalue weighted by Crippen LogP contribution is -2.37. The van der Waals surface area contributed by atoms with E-state index in [2.05, 4.69) is 50.3 Å². The van der Waals surface area contributed by atoms with E-state index in [1.807, 2.05) is 21.1 Å². The molecule has 73 heavy (non-hydrogen) atoms. The van der Waals surface area contributed by atoms with E-state index in [1.54, 1.807) is 0 Å². The summed E-state index contributed by atoms with van der Waals surface area (Å²) in [5.41, 5.74) is 0. The molecular weight excluding hydrogens is 926 g/mol. The molecule has 0 heterocycles. The Kier molecular flexibility index (Phi) is 55.9. The molecule has 0 aliphatic heterocycles. The minimum atomic E-state index is -4.54. The maximum absolute atomic E-state index is 12.8. The van der Waals surface area contributed by atoms with Gasteiger partial charge < -0.3 is 27.9 Å². The fourth-order valence-electron chi connectivity index (χ4n) is 9.28. The quantitative estimate of drug-likeness (QED) is 0.0197. The molecule has 9 heteroatoms. The van der Waals surface area contributed by atoms with E-state index in [0.29, 0.717) is 24.1 Å². The molecule has 0 fully saturated rings. The molecule has 8 nitrogen and oxygen atoms in total. The average Bonchev–Trinajstić information content (AvgIpc) is 3.35. The summed E-state index contributed by atoms with van der Waals surface area (Å²) in [4.78, 5) is 25.3. The Morgan fingerprint density at radius 2 is 0.753 bits per heavy atom. The van der Waals surface area contributed by atoms with Crippen LogP contribution in [0.4, 0.5) is 0 Å². The largest absolute Gasteiger partial charge is 0.756 e. The van der Waals surface area contributed by atoms with Crippen LogP contribution in [0.15, 0.2) is 36.5 Å². The number of unbranched alkanes of at least 4 members (excludes halogenated alkanes) is 40. The normalized spacial score (nSPS) is 13.6. The number of rotatable bonds is 60. The minimum Gasteiger partial charge on any atom is -0.756 e. The Hall–Kier alpha value is -1.28. The highest BCUT2D eigenvalue weighted by Crippen LogP contribution is 2.38. The first kappa shape index (κ1) is 71.7. The number of phosphoric acid groups is 1. The number of quaternary nitrogens is 1. The number of ether oxygens (including phenoxy) is 2. The topological polar surface area (TPSA) is 94.1 Å². The molecule has 0 aromatic carbocycles. The molecule has 0 spiro atoms. The lowest BCUT2D eigenvalue weighted by Gasteiger charge is -2.28. The third kappa shape index (κ3) is 61.5. The molecule has 0 saturated heterocycles. The Labute approximate surface area is 455 Å². The van der Waals surface area contributed by atoms with Crippen molar-refractivity contribution in [2.24, 2.45) is 0 Å². The molecule has 0 aromatic heterocycles. The van der Waals surface area contributed by atoms with Crippen LogP contribution in [0.1, 0.15) is 309 Å². The summed E-state index contributed by atoms with van der Waals surface area (Å²) in [5, 5.41) is 0. The van der Waals surface area contributed by atoms with Gasteiger partial charge in [-0.1, -0.05) is 269 Å². The number of nitrogens with zero attached hydrogens (tertiary/aromatic N) is 1. The molecule has 0 aliphatic rings. The Morgan fingerprint density at radius 1 is 0.425 bits per heavy atom. The summed E-state index contributed by atoms with van der Waals surface area (Å²) in [6.45, 7) is 5.47. The molecule has 0 aromatic rings. The number of likely N-dealkylation sites (N-methyl/N-ethyl adjacent to an activating group) is 1. The number of hydrogen-bond donors (Lipinski definition) is 0. The van der Waals surface area contributed by atoms with Crippen molar-refractivity contribution in [2.75, 3.05) is 54.1 Å². The summed E-state index contributed by atoms with van der Waals surface area (Å²) < 4.78 is 34.9. The summed E-state index contributed by atoms with van der Waals surface area (Å²) in [7, 11) is 1.37. The first-order valence-electron chi connectivity index (χ1n) is 31.7. The van der Waals surface area contributed by atoms with Crippen LogP contribution in [0.5, 0.6) is 0 Å². The smallest absolute Gasteiger partial charge is 0.306 e. The highest BCUT2D eigenvalue weighted by Gasteiger charge is 2.20. The van der Waals surface area contributed by atoms with Crippen LogP contribution < -0.4 is 4.89 Å². The van der Waals surface area contributed by atoms with Gasteiger partial charge in [0.15, 0.2) is 0 Å². The zero-order valence-electron chi connectivity index (χ0n) is 49.4. The van der Waals surface area contributed by atoms with Crippen LogP contribution in [0.25, 0.3) is 0 Å². The van der Waals surface area contributed by atoms with Gasteiger partial charge in [-0.2, -0.15) is 0 Å². The molecular formula is C64H124NO7P. The van der Waals surface area contributed by atoms with Crippen molar-refractivity contribution in [3.05, 3.63) is 36.5 Å². The van der Waals surface area contributed by atoms with Crippen LogP contribution in [0.2, 0.25) is 0 Å². The molecule has 2 atom stereocenters. The van der Waals surface area contributed by atoms with Gasteiger partial charge in [0.2, 0.25) is 0 Å². The van der Waals surface area contributed by atoms with Crippen molar-refractivity contribution in [2.45, 2.75) is 315 Å². The predicted molar refractivity (Wildman–Crippen MR) is 314 cm³/mol. The van der Waals surface area contributed by atoms with Crippen molar-refractivity contribution in [3.63, 3.8) is 0 Å². The molecule has 0 rings (SSSR count). The van der Waals surface area contributed by atoms with Crippen molar-refractivity contribution >= 4 is 13.8 Å². The van der Waals surface area contributed by atoms with Gasteiger partial charge in [0.05, 0.1) is 34.4 Å². The standard InChI is InChI=1S/C64H124NO7P/c1-6-8-10-12-14-16-18-20-22-24-26-28-30-32-34-36-38-40-42-44-46-48-50-52-54-56-59-69-61-63(62-71-73(67,68)70-60-58-65(3,4)5)72-64(66)57-55-53-51-49-47-45-43-41-39-37-35-33-31-29-27-25-23-21-19-17-15-13-11-9-7-2/h18,20,24-27,63H,6-17,19,21-23,28-62H2,1-5H3/b20-18-,26-24-,27-25-. The molecule has 0 amide bonds. The Morgan fingerprint density at radius 3 is 1.12 bits per heavy atom. The highest BCUT2D eigenvalue weighted by molar-refractivity contribution is 7.45. The Bertz CT molecular complexity index is 1260. The number of phosphoric ester groups is 1. The predicted octanol–water partition coefficient (Wildman–Crippen LogP) is 19.8. The highest BCUT2D eigenvalue weighted by atomic mass is 31.2. The summed E-state index contributed by atoms with van der Waals surface area (Å²) >= 11 is 0. The van der Waals surface area contributed by atoms with E-state index >= 15 is 0 Å². The fraction of sp³-hybridized carbons (Fsp3) is 0.891. The van der Waals surface area contributed by atoms with Crippen LogP contribution in [-0.2, 0) is 27.9 Å². The SMILES string of the molecule is CCCCCCC/C=C\C/C=C\CCCCCCCCCCCCCCCCOCC(COP(=O)([O-])OCC[N+](C)(C)C)OC(=O)CCCCCCCCCCCCCCC/C=C\CCCCCCCCCC. The maximum atomic E-state index is 12.8. The Balaban J connectivity index is 3.99. The minimum absolute atomic E-state index is 0.0277. The summed E-state index contributed by atoms with van der Waals surface area (Å²) in [6.07, 6.45) is 72.0. The monoisotopic (exact) mass is 1050 g/mol. The molecule has 0 N–H and O–H groups in total. The van der Waals surface area contributed by atoms with Crippen molar-refractivity contribution in [3.8, 4) is 0 Å². The van der Waals surface area contributed by atoms with Gasteiger partial charge >= 0.3 is 5.97 Å². The second kappa shape index (κ2) is 56.9. The molecule has 432 valence electrons. The number of carbonyl (C=O) groups excluding carboxylic acids is 1. The second-order valence-electron chi connectivity index (χ2n) is 22.8. The van der Waals surface area contributed by atoms with Crippen molar-refractivity contribution in [1.82, 2.24) is 0 Å². The number of esters is 1. The van der Waals surface area contributed by atoms with Crippen LogP contribution in [0, 0.1) is 0 Å². The first-order chi connectivity index (χ1) is 35.6. The van der Waals surface area contributed by atoms with Gasteiger partial charge in [-0.25, -0.2) is 0 Å². The number of carbonyl (C=O) groups is 1. The zero-order chi connectivity index (χ0) is 53.3. The molecule has 0 aliphatic carbocycles. The van der Waals surface area contributed by atoms with Gasteiger partial charge in [-0.3, -0.25) is 9.36 Å². The van der Waals surface area contributed by atoms with Gasteiger partial charge in [0.1, 0.15) is 19.3 Å². The van der Waals surface area contributed by atoms with Gasteiger partial charge in [-0.05, 0) is 70.6 Å². The lowest BCUT2D eigenvalue weighted by molar-refractivity contribution is -0.870. The molecule has 0 saturated carbocycles. The fourth-order valence-corrected chi connectivity index (χ4v) is 10.0. The van der Waals surface area contributed by atoms with E-state index in [0.717, 1.165) is 38.5 Å². The van der Waals surface area contributed by atoms with E-state index in [1.165, 1.54) is 250 Å². The lowest BCUT2D eigenvalue weighted by atomic mass is 10.0. The molecule has 0 radical (unpaired) electrons. The van der Waals surface area contributed by atoms with Crippen LogP contribution >= 0.6 is 7.82 Å². The van der Waals surface area contributed by atoms with E-state index in [4.69, 9.17) is 18.5 Å². The summed E-state index contributed by atoms with van der Waals surface area (Å²) in [6, 6.07) is 0. The zero-order valence-corrected chi connectivity index (χ0v) is 50.3. The van der Waals surface area contributed by atoms with E-state index in [-0.39, 0.29) is 25.8 Å². The van der Waals surface area contributed by atoms with E-state index in [9.17, 15) is 14.3 Å². The first-order valence-corrected chi connectivity index (χ1v) is 33.2. The summed E-state index contributed by atoms with van der Waals surface area (Å²) in [5.74, 6) is -0.328. The number of hydrogen-bond acceptors (Lipinski definition) is 7. The van der Waals surface area contributed by atoms with Crippen LogP contribution in [0.3, 0.4) is 0 Å². The molecule has 0 bridgehead atoms. The number of allylic oxidation sites excluding steroid dienone is 6. The maximum Gasteiger partial charge on any atom is 0.306 e. The van der Waals surface area contributed by atoms with Crippen molar-refractivity contribution < 1.29 is 37.3 Å². The third-order valence-electron chi connectivity index (χ3n) is 14.2. The van der Waals surface area contributed by atoms with Crippen molar-refractivity contribution in [1.29, 1.82) is 0 Å². The second-order valence-corrected chi connectivity index (χ2v) is 24.2. The average molecular weight is 1050 g/mol. The van der Waals surface area contributed by atoms with Crippen LogP contribution in [-0.4, -0.2) is 70.7 Å². The van der Waals surface area contributed by atoms with Gasteiger partial charge in [0, 0.05) is 13.0 Å². The van der Waals surface area contributed by atoms with Gasteiger partial charge in [0.25, 0.3) is 7.82 Å². The van der Waals surface area contributed by atoms with E-state index < -0.39 is 13.9 Å². The molecule has 2 unspecified atom stereocenters.